The van der Waals surface area contributed by atoms with Crippen molar-refractivity contribution < 1.29 is 4.79 Å². The lowest BCUT2D eigenvalue weighted by atomic mass is 9.87. The number of amides is 1. The lowest BCUT2D eigenvalue weighted by Gasteiger charge is -2.18. The summed E-state index contributed by atoms with van der Waals surface area (Å²) in [6.45, 7) is 8.47. The monoisotopic (exact) mass is 327 g/mol. The molecule has 0 aromatic heterocycles. The second-order valence-corrected chi connectivity index (χ2v) is 7.09. The van der Waals surface area contributed by atoms with Crippen LogP contribution in [0.15, 0.2) is 48.5 Å². The first kappa shape index (κ1) is 17.3. The van der Waals surface area contributed by atoms with E-state index >= 15 is 0 Å². The molecule has 2 aromatic rings. The third-order valence-corrected chi connectivity index (χ3v) is 3.90. The van der Waals surface area contributed by atoms with Crippen molar-refractivity contribution in [1.82, 2.24) is 0 Å². The summed E-state index contributed by atoms with van der Waals surface area (Å²) in [6.07, 6.45) is 3.34. The highest BCUT2D eigenvalue weighted by atomic mass is 35.5. The van der Waals surface area contributed by atoms with Gasteiger partial charge < -0.3 is 5.32 Å². The molecule has 2 nitrogen and oxygen atoms in total. The summed E-state index contributed by atoms with van der Waals surface area (Å²) in [5.41, 5.74) is 4.11. The summed E-state index contributed by atoms with van der Waals surface area (Å²) >= 11 is 5.96. The van der Waals surface area contributed by atoms with Gasteiger partial charge in [0.1, 0.15) is 0 Å². The maximum atomic E-state index is 12.0. The van der Waals surface area contributed by atoms with Crippen LogP contribution >= 0.6 is 11.6 Å². The van der Waals surface area contributed by atoms with Crippen LogP contribution < -0.4 is 5.32 Å². The molecule has 0 unspecified atom stereocenters. The van der Waals surface area contributed by atoms with E-state index in [-0.39, 0.29) is 11.3 Å². The molecule has 0 saturated carbocycles. The Kier molecular flexibility index (Phi) is 5.27. The fourth-order valence-electron chi connectivity index (χ4n) is 2.17. The zero-order valence-electron chi connectivity index (χ0n) is 14.0. The van der Waals surface area contributed by atoms with Crippen molar-refractivity contribution in [3.8, 4) is 0 Å². The summed E-state index contributed by atoms with van der Waals surface area (Å²) in [5, 5.41) is 3.45. The molecule has 1 N–H and O–H groups in total. The number of aryl methyl sites for hydroxylation is 1. The summed E-state index contributed by atoms with van der Waals surface area (Å²) in [6, 6.07) is 13.7. The van der Waals surface area contributed by atoms with E-state index in [2.05, 4.69) is 38.2 Å². The molecule has 1 amide bonds. The van der Waals surface area contributed by atoms with Gasteiger partial charge in [0.25, 0.3) is 0 Å². The molecule has 23 heavy (non-hydrogen) atoms. The number of nitrogens with one attached hydrogen (secondary N) is 1. The Labute approximate surface area is 143 Å². The molecule has 0 spiro atoms. The number of halogens is 1. The van der Waals surface area contributed by atoms with Crippen LogP contribution in [0.4, 0.5) is 5.69 Å². The molecule has 0 aliphatic rings. The van der Waals surface area contributed by atoms with Gasteiger partial charge in [0, 0.05) is 16.8 Å². The Morgan fingerprint density at radius 3 is 2.35 bits per heavy atom. The highest BCUT2D eigenvalue weighted by molar-refractivity contribution is 6.31. The summed E-state index contributed by atoms with van der Waals surface area (Å²) in [4.78, 5) is 12.0. The quantitative estimate of drug-likeness (QED) is 0.731. The van der Waals surface area contributed by atoms with E-state index in [9.17, 15) is 4.79 Å². The molecule has 0 aliphatic heterocycles. The minimum absolute atomic E-state index is 0.129. The normalized spacial score (nSPS) is 11.7. The summed E-state index contributed by atoms with van der Waals surface area (Å²) < 4.78 is 0. The van der Waals surface area contributed by atoms with Crippen molar-refractivity contribution in [3.63, 3.8) is 0 Å². The van der Waals surface area contributed by atoms with Gasteiger partial charge in [-0.05, 0) is 47.2 Å². The lowest BCUT2D eigenvalue weighted by Crippen LogP contribution is -2.10. The fraction of sp³-hybridized carbons (Fsp3) is 0.250. The van der Waals surface area contributed by atoms with E-state index in [1.165, 1.54) is 11.6 Å². The molecule has 2 aromatic carbocycles. The zero-order valence-corrected chi connectivity index (χ0v) is 14.7. The van der Waals surface area contributed by atoms with Gasteiger partial charge in [-0.2, -0.15) is 0 Å². The predicted molar refractivity (Wildman–Crippen MR) is 99.0 cm³/mol. The van der Waals surface area contributed by atoms with Crippen LogP contribution in [-0.2, 0) is 10.2 Å². The summed E-state index contributed by atoms with van der Waals surface area (Å²) in [7, 11) is 0. The van der Waals surface area contributed by atoms with Gasteiger partial charge in [0.05, 0.1) is 0 Å². The van der Waals surface area contributed by atoms with Crippen LogP contribution in [-0.4, -0.2) is 5.91 Å². The maximum absolute atomic E-state index is 12.0. The zero-order chi connectivity index (χ0) is 17.0. The maximum Gasteiger partial charge on any atom is 0.248 e. The Balaban J connectivity index is 2.05. The number of benzene rings is 2. The molecule has 0 heterocycles. The first-order chi connectivity index (χ1) is 10.8. The molecular formula is C20H22ClNO. The van der Waals surface area contributed by atoms with E-state index in [4.69, 9.17) is 11.6 Å². The van der Waals surface area contributed by atoms with Gasteiger partial charge in [-0.25, -0.2) is 0 Å². The van der Waals surface area contributed by atoms with Gasteiger partial charge in [-0.1, -0.05) is 62.7 Å². The molecule has 0 aliphatic carbocycles. The van der Waals surface area contributed by atoms with E-state index in [1.807, 2.05) is 31.2 Å². The smallest absolute Gasteiger partial charge is 0.248 e. The number of hydrogen-bond acceptors (Lipinski definition) is 1. The Hall–Kier alpha value is -2.06. The van der Waals surface area contributed by atoms with Gasteiger partial charge in [-0.3, -0.25) is 4.79 Å². The molecular weight excluding hydrogens is 306 g/mol. The van der Waals surface area contributed by atoms with Crippen molar-refractivity contribution in [2.45, 2.75) is 33.1 Å². The van der Waals surface area contributed by atoms with Crippen LogP contribution in [0.1, 0.15) is 37.5 Å². The SMILES string of the molecule is Cc1ccc(Cl)cc1NC(=O)C=Cc1ccc(C(C)(C)C)cc1. The van der Waals surface area contributed by atoms with Crippen LogP contribution in [0.5, 0.6) is 0 Å². The van der Waals surface area contributed by atoms with E-state index in [0.717, 1.165) is 16.8 Å². The standard InChI is InChI=1S/C20H22ClNO/c1-14-5-11-17(21)13-18(14)22-19(23)12-8-15-6-9-16(10-7-15)20(2,3)4/h5-13H,1-4H3,(H,22,23). The summed E-state index contributed by atoms with van der Waals surface area (Å²) in [5.74, 6) is -0.171. The number of carbonyl (C=O) groups excluding carboxylic acids is 1. The van der Waals surface area contributed by atoms with Gasteiger partial charge in [0.2, 0.25) is 5.91 Å². The fourth-order valence-corrected chi connectivity index (χ4v) is 2.34. The third kappa shape index (κ3) is 4.97. The Morgan fingerprint density at radius 1 is 1.09 bits per heavy atom. The number of rotatable bonds is 3. The second-order valence-electron chi connectivity index (χ2n) is 6.65. The van der Waals surface area contributed by atoms with Crippen LogP contribution in [0.25, 0.3) is 6.08 Å². The van der Waals surface area contributed by atoms with Crippen LogP contribution in [0.2, 0.25) is 5.02 Å². The largest absolute Gasteiger partial charge is 0.322 e. The second kappa shape index (κ2) is 7.01. The van der Waals surface area contributed by atoms with Gasteiger partial charge >= 0.3 is 0 Å². The third-order valence-electron chi connectivity index (χ3n) is 3.66. The van der Waals surface area contributed by atoms with Crippen molar-refractivity contribution in [3.05, 3.63) is 70.3 Å². The first-order valence-corrected chi connectivity index (χ1v) is 7.99. The van der Waals surface area contributed by atoms with E-state index in [1.54, 1.807) is 12.1 Å². The topological polar surface area (TPSA) is 29.1 Å². The Bertz CT molecular complexity index is 724. The lowest BCUT2D eigenvalue weighted by molar-refractivity contribution is -0.111. The number of carbonyl (C=O) groups is 1. The molecule has 120 valence electrons. The Morgan fingerprint density at radius 2 is 1.74 bits per heavy atom. The number of anilines is 1. The molecule has 2 rings (SSSR count). The van der Waals surface area contributed by atoms with Crippen LogP contribution in [0.3, 0.4) is 0 Å². The highest BCUT2D eigenvalue weighted by Gasteiger charge is 2.12. The molecule has 3 heteroatoms. The molecule has 0 bridgehead atoms. The van der Waals surface area contributed by atoms with Gasteiger partial charge in [0.15, 0.2) is 0 Å². The highest BCUT2D eigenvalue weighted by Crippen LogP contribution is 2.23. The van der Waals surface area contributed by atoms with Crippen molar-refractivity contribution in [2.24, 2.45) is 0 Å². The minimum Gasteiger partial charge on any atom is -0.322 e. The van der Waals surface area contributed by atoms with Crippen LogP contribution in [0, 0.1) is 6.92 Å². The van der Waals surface area contributed by atoms with Crippen molar-refractivity contribution in [1.29, 1.82) is 0 Å². The van der Waals surface area contributed by atoms with Gasteiger partial charge in [-0.15, -0.1) is 0 Å². The van der Waals surface area contributed by atoms with Crippen molar-refractivity contribution >= 4 is 29.3 Å². The molecule has 0 atom stereocenters. The number of hydrogen-bond donors (Lipinski definition) is 1. The average Bonchev–Trinajstić information content (AvgIpc) is 2.48. The van der Waals surface area contributed by atoms with E-state index in [0.29, 0.717) is 5.02 Å². The van der Waals surface area contributed by atoms with E-state index < -0.39 is 0 Å². The average molecular weight is 328 g/mol. The molecule has 0 saturated heterocycles. The first-order valence-electron chi connectivity index (χ1n) is 7.61. The molecule has 0 fully saturated rings. The van der Waals surface area contributed by atoms with Crippen molar-refractivity contribution in [2.75, 3.05) is 5.32 Å². The molecule has 0 radical (unpaired) electrons. The minimum atomic E-state index is -0.171. The predicted octanol–water partition coefficient (Wildman–Crippen LogP) is 5.60.